The van der Waals surface area contributed by atoms with Gasteiger partial charge < -0.3 is 4.42 Å². The summed E-state index contributed by atoms with van der Waals surface area (Å²) < 4.78 is 6.20. The maximum atomic E-state index is 6.20. The van der Waals surface area contributed by atoms with Gasteiger partial charge in [-0.15, -0.1) is 0 Å². The molecule has 0 spiro atoms. The van der Waals surface area contributed by atoms with Crippen molar-refractivity contribution >= 4 is 32.7 Å². The average Bonchev–Trinajstić information content (AvgIpc) is 3.54. The minimum atomic E-state index is 0.607. The maximum absolute atomic E-state index is 6.20. The van der Waals surface area contributed by atoms with Crippen LogP contribution in [0.2, 0.25) is 0 Å². The Hall–Kier alpha value is -6.39. The van der Waals surface area contributed by atoms with E-state index < -0.39 is 0 Å². The molecule has 0 aliphatic carbocycles. The quantitative estimate of drug-likeness (QED) is 0.197. The van der Waals surface area contributed by atoms with Gasteiger partial charge in [0.2, 0.25) is 0 Å². The standard InChI is InChI=1S/C43H27N3O/c1-2-12-31(13-3-1)41-44-42(46-43(45-41)37-20-10-22-39-40(37)36-18-6-7-21-38(36)47-39)33-16-8-15-32(27-33)28-23-25-30(26-24-28)35-19-9-14-29-11-4-5-17-34(29)35/h1-27H. The molecule has 2 aromatic heterocycles. The summed E-state index contributed by atoms with van der Waals surface area (Å²) in [5.41, 5.74) is 9.06. The molecule has 0 radical (unpaired) electrons. The molecule has 0 fully saturated rings. The first-order valence-electron chi connectivity index (χ1n) is 15.7. The highest BCUT2D eigenvalue weighted by atomic mass is 16.3. The van der Waals surface area contributed by atoms with E-state index in [1.54, 1.807) is 0 Å². The molecular weight excluding hydrogens is 574 g/mol. The zero-order valence-corrected chi connectivity index (χ0v) is 25.3. The molecular formula is C43H27N3O. The van der Waals surface area contributed by atoms with Gasteiger partial charge in [-0.05, 0) is 51.2 Å². The molecule has 0 aliphatic rings. The van der Waals surface area contributed by atoms with Crippen molar-refractivity contribution in [3.8, 4) is 56.4 Å². The molecule has 9 rings (SSSR count). The Labute approximate surface area is 271 Å². The van der Waals surface area contributed by atoms with Gasteiger partial charge in [0.1, 0.15) is 11.2 Å². The van der Waals surface area contributed by atoms with Gasteiger partial charge in [-0.2, -0.15) is 0 Å². The highest BCUT2D eigenvalue weighted by Gasteiger charge is 2.18. The minimum Gasteiger partial charge on any atom is -0.456 e. The fourth-order valence-corrected chi connectivity index (χ4v) is 6.46. The highest BCUT2D eigenvalue weighted by molar-refractivity contribution is 6.11. The molecule has 0 aliphatic heterocycles. The normalized spacial score (nSPS) is 11.4. The zero-order valence-electron chi connectivity index (χ0n) is 25.3. The lowest BCUT2D eigenvalue weighted by Gasteiger charge is -2.11. The molecule has 0 amide bonds. The van der Waals surface area contributed by atoms with Crippen molar-refractivity contribution in [3.63, 3.8) is 0 Å². The average molecular weight is 602 g/mol. The van der Waals surface area contributed by atoms with E-state index >= 15 is 0 Å². The summed E-state index contributed by atoms with van der Waals surface area (Å²) in [7, 11) is 0. The smallest absolute Gasteiger partial charge is 0.164 e. The van der Waals surface area contributed by atoms with Crippen LogP contribution in [0, 0.1) is 0 Å². The van der Waals surface area contributed by atoms with Crippen LogP contribution >= 0.6 is 0 Å². The second-order valence-corrected chi connectivity index (χ2v) is 11.6. The van der Waals surface area contributed by atoms with Gasteiger partial charge in [-0.3, -0.25) is 0 Å². The molecule has 4 heteroatoms. The molecule has 0 saturated heterocycles. The van der Waals surface area contributed by atoms with Crippen LogP contribution in [0.5, 0.6) is 0 Å². The molecule has 0 N–H and O–H groups in total. The lowest BCUT2D eigenvalue weighted by molar-refractivity contribution is 0.669. The van der Waals surface area contributed by atoms with Crippen LogP contribution in [0.3, 0.4) is 0 Å². The molecule has 0 atom stereocenters. The van der Waals surface area contributed by atoms with E-state index in [0.29, 0.717) is 17.5 Å². The SMILES string of the molecule is c1ccc(-c2nc(-c3cccc(-c4ccc(-c5cccc6ccccc56)cc4)c3)nc(-c3cccc4oc5ccccc5c34)n2)cc1. The first-order chi connectivity index (χ1) is 23.3. The summed E-state index contributed by atoms with van der Waals surface area (Å²) in [5, 5.41) is 4.53. The van der Waals surface area contributed by atoms with E-state index in [0.717, 1.165) is 49.8 Å². The summed E-state index contributed by atoms with van der Waals surface area (Å²) in [6.07, 6.45) is 0. The van der Waals surface area contributed by atoms with Crippen LogP contribution in [0.15, 0.2) is 168 Å². The van der Waals surface area contributed by atoms with Gasteiger partial charge in [0.05, 0.1) is 0 Å². The molecule has 220 valence electrons. The fourth-order valence-electron chi connectivity index (χ4n) is 6.46. The van der Waals surface area contributed by atoms with Crippen molar-refractivity contribution in [3.05, 3.63) is 164 Å². The van der Waals surface area contributed by atoms with Gasteiger partial charge >= 0.3 is 0 Å². The number of nitrogens with zero attached hydrogens (tertiary/aromatic N) is 3. The van der Waals surface area contributed by atoms with Crippen molar-refractivity contribution < 1.29 is 4.42 Å². The molecule has 2 heterocycles. The summed E-state index contributed by atoms with van der Waals surface area (Å²) >= 11 is 0. The van der Waals surface area contributed by atoms with Crippen LogP contribution < -0.4 is 0 Å². The van der Waals surface area contributed by atoms with Gasteiger partial charge in [-0.25, -0.2) is 15.0 Å². The fraction of sp³-hybridized carbons (Fsp3) is 0. The van der Waals surface area contributed by atoms with Crippen molar-refractivity contribution in [1.82, 2.24) is 15.0 Å². The van der Waals surface area contributed by atoms with E-state index in [4.69, 9.17) is 19.4 Å². The highest BCUT2D eigenvalue weighted by Crippen LogP contribution is 2.37. The predicted molar refractivity (Wildman–Crippen MR) is 192 cm³/mol. The van der Waals surface area contributed by atoms with E-state index in [-0.39, 0.29) is 0 Å². The first kappa shape index (κ1) is 27.0. The number of benzene rings is 7. The Morgan fingerprint density at radius 3 is 1.79 bits per heavy atom. The molecule has 9 aromatic rings. The maximum Gasteiger partial charge on any atom is 0.164 e. The summed E-state index contributed by atoms with van der Waals surface area (Å²) in [4.78, 5) is 15.1. The third kappa shape index (κ3) is 4.84. The van der Waals surface area contributed by atoms with Gasteiger partial charge in [0, 0.05) is 27.5 Å². The number of hydrogen-bond acceptors (Lipinski definition) is 4. The molecule has 0 unspecified atom stereocenters. The third-order valence-corrected chi connectivity index (χ3v) is 8.75. The monoisotopic (exact) mass is 601 g/mol. The lowest BCUT2D eigenvalue weighted by Crippen LogP contribution is -2.00. The van der Waals surface area contributed by atoms with Crippen LogP contribution in [0.4, 0.5) is 0 Å². The van der Waals surface area contributed by atoms with E-state index in [1.807, 2.05) is 60.7 Å². The summed E-state index contributed by atoms with van der Waals surface area (Å²) in [6, 6.07) is 56.4. The molecule has 7 aromatic carbocycles. The topological polar surface area (TPSA) is 51.8 Å². The Kier molecular flexibility index (Phi) is 6.43. The van der Waals surface area contributed by atoms with Crippen LogP contribution in [0.1, 0.15) is 0 Å². The van der Waals surface area contributed by atoms with Crippen LogP contribution in [-0.2, 0) is 0 Å². The van der Waals surface area contributed by atoms with Gasteiger partial charge in [-0.1, -0.05) is 146 Å². The third-order valence-electron chi connectivity index (χ3n) is 8.75. The molecule has 47 heavy (non-hydrogen) atoms. The Morgan fingerprint density at radius 1 is 0.340 bits per heavy atom. The zero-order chi connectivity index (χ0) is 31.2. The number of aromatic nitrogens is 3. The first-order valence-corrected chi connectivity index (χ1v) is 15.7. The number of rotatable bonds is 5. The number of furan rings is 1. The molecule has 0 bridgehead atoms. The van der Waals surface area contributed by atoms with Gasteiger partial charge in [0.15, 0.2) is 17.5 Å². The molecule has 0 saturated carbocycles. The van der Waals surface area contributed by atoms with E-state index in [9.17, 15) is 0 Å². The largest absolute Gasteiger partial charge is 0.456 e. The minimum absolute atomic E-state index is 0.607. The molecule has 4 nitrogen and oxygen atoms in total. The Balaban J connectivity index is 1.16. The van der Waals surface area contributed by atoms with Crippen molar-refractivity contribution in [2.75, 3.05) is 0 Å². The second-order valence-electron chi connectivity index (χ2n) is 11.6. The Bertz CT molecular complexity index is 2560. The van der Waals surface area contributed by atoms with Crippen LogP contribution in [-0.4, -0.2) is 15.0 Å². The number of para-hydroxylation sites is 1. The van der Waals surface area contributed by atoms with Crippen molar-refractivity contribution in [1.29, 1.82) is 0 Å². The van der Waals surface area contributed by atoms with Crippen LogP contribution in [0.25, 0.3) is 89.1 Å². The van der Waals surface area contributed by atoms with Crippen molar-refractivity contribution in [2.45, 2.75) is 0 Å². The number of hydrogen-bond donors (Lipinski definition) is 0. The number of fused-ring (bicyclic) bond motifs is 4. The van der Waals surface area contributed by atoms with Crippen molar-refractivity contribution in [2.24, 2.45) is 0 Å². The second kappa shape index (κ2) is 11.2. The van der Waals surface area contributed by atoms with Gasteiger partial charge in [0.25, 0.3) is 0 Å². The van der Waals surface area contributed by atoms with E-state index in [2.05, 4.69) is 103 Å². The Morgan fingerprint density at radius 2 is 0.915 bits per heavy atom. The summed E-state index contributed by atoms with van der Waals surface area (Å²) in [5.74, 6) is 1.85. The lowest BCUT2D eigenvalue weighted by atomic mass is 9.96. The van der Waals surface area contributed by atoms with E-state index in [1.165, 1.54) is 21.9 Å². The summed E-state index contributed by atoms with van der Waals surface area (Å²) in [6.45, 7) is 0. The predicted octanol–water partition coefficient (Wildman–Crippen LogP) is 11.3.